The summed E-state index contributed by atoms with van der Waals surface area (Å²) in [6.07, 6.45) is 2.27. The van der Waals surface area contributed by atoms with Crippen LogP contribution in [-0.4, -0.2) is 19.7 Å². The Bertz CT molecular complexity index is 377. The third-order valence-electron chi connectivity index (χ3n) is 3.39. The summed E-state index contributed by atoms with van der Waals surface area (Å²) < 4.78 is 5.93. The first-order valence-corrected chi connectivity index (χ1v) is 7.26. The lowest BCUT2D eigenvalue weighted by atomic mass is 9.89. The van der Waals surface area contributed by atoms with E-state index < -0.39 is 0 Å². The molecule has 1 N–H and O–H groups in total. The van der Waals surface area contributed by atoms with Gasteiger partial charge in [-0.3, -0.25) is 0 Å². The molecule has 0 bridgehead atoms. The van der Waals surface area contributed by atoms with Crippen molar-refractivity contribution >= 4 is 23.2 Å². The standard InChI is InChI=1S/C14H19Cl2NO/c1-2-17-9-10-5-4-8-18-14(10)13-11(15)6-3-7-12(13)16/h3,6-7,10,14,17H,2,4-5,8-9H2,1H3. The molecule has 0 aliphatic carbocycles. The van der Waals surface area contributed by atoms with Gasteiger partial charge in [-0.1, -0.05) is 36.2 Å². The van der Waals surface area contributed by atoms with E-state index in [9.17, 15) is 0 Å². The Kier molecular flexibility index (Phi) is 5.31. The minimum atomic E-state index is 0.0130. The topological polar surface area (TPSA) is 21.3 Å². The SMILES string of the molecule is CCNCC1CCCOC1c1c(Cl)cccc1Cl. The number of benzene rings is 1. The third kappa shape index (κ3) is 3.18. The Morgan fingerprint density at radius 1 is 1.33 bits per heavy atom. The van der Waals surface area contributed by atoms with Crippen molar-refractivity contribution < 1.29 is 4.74 Å². The van der Waals surface area contributed by atoms with Gasteiger partial charge in [0.05, 0.1) is 6.10 Å². The minimum Gasteiger partial charge on any atom is -0.373 e. The fourth-order valence-electron chi connectivity index (χ4n) is 2.48. The average Bonchev–Trinajstić information content (AvgIpc) is 2.37. The first kappa shape index (κ1) is 14.1. The number of hydrogen-bond acceptors (Lipinski definition) is 2. The fourth-order valence-corrected chi connectivity index (χ4v) is 3.10. The van der Waals surface area contributed by atoms with Crippen LogP contribution >= 0.6 is 23.2 Å². The molecule has 0 amide bonds. The van der Waals surface area contributed by atoms with Crippen LogP contribution in [0.4, 0.5) is 0 Å². The van der Waals surface area contributed by atoms with Crippen molar-refractivity contribution in [2.24, 2.45) is 5.92 Å². The lowest BCUT2D eigenvalue weighted by Crippen LogP contribution is -2.32. The molecule has 2 nitrogen and oxygen atoms in total. The summed E-state index contributed by atoms with van der Waals surface area (Å²) in [5.74, 6) is 0.441. The van der Waals surface area contributed by atoms with Gasteiger partial charge in [0.1, 0.15) is 0 Å². The summed E-state index contributed by atoms with van der Waals surface area (Å²) in [6, 6.07) is 5.63. The van der Waals surface area contributed by atoms with Gasteiger partial charge in [-0.2, -0.15) is 0 Å². The predicted molar refractivity (Wildman–Crippen MR) is 76.4 cm³/mol. The summed E-state index contributed by atoms with van der Waals surface area (Å²) in [7, 11) is 0. The zero-order valence-electron chi connectivity index (χ0n) is 10.6. The second kappa shape index (κ2) is 6.76. The van der Waals surface area contributed by atoms with E-state index in [4.69, 9.17) is 27.9 Å². The van der Waals surface area contributed by atoms with Gasteiger partial charge in [0.25, 0.3) is 0 Å². The van der Waals surface area contributed by atoms with E-state index in [1.165, 1.54) is 0 Å². The fraction of sp³-hybridized carbons (Fsp3) is 0.571. The maximum absolute atomic E-state index is 6.28. The van der Waals surface area contributed by atoms with E-state index >= 15 is 0 Å². The van der Waals surface area contributed by atoms with Crippen molar-refractivity contribution in [1.29, 1.82) is 0 Å². The molecule has 4 heteroatoms. The van der Waals surface area contributed by atoms with Gasteiger partial charge in [0.2, 0.25) is 0 Å². The van der Waals surface area contributed by atoms with Crippen molar-refractivity contribution in [3.63, 3.8) is 0 Å². The smallest absolute Gasteiger partial charge is 0.0894 e. The summed E-state index contributed by atoms with van der Waals surface area (Å²) in [6.45, 7) is 4.82. The molecule has 0 spiro atoms. The lowest BCUT2D eigenvalue weighted by molar-refractivity contribution is -0.0274. The van der Waals surface area contributed by atoms with Crippen LogP contribution in [0.3, 0.4) is 0 Å². The van der Waals surface area contributed by atoms with Gasteiger partial charge in [-0.15, -0.1) is 0 Å². The first-order valence-electron chi connectivity index (χ1n) is 6.50. The molecule has 1 saturated heterocycles. The van der Waals surface area contributed by atoms with Gasteiger partial charge >= 0.3 is 0 Å². The highest BCUT2D eigenvalue weighted by molar-refractivity contribution is 6.36. The predicted octanol–water partition coefficient (Wildman–Crippen LogP) is 4.07. The number of halogens is 2. The second-order valence-corrected chi connectivity index (χ2v) is 5.45. The molecule has 100 valence electrons. The molecule has 1 aliphatic heterocycles. The molecule has 0 saturated carbocycles. The average molecular weight is 288 g/mol. The number of rotatable bonds is 4. The van der Waals surface area contributed by atoms with E-state index in [0.29, 0.717) is 16.0 Å². The highest BCUT2D eigenvalue weighted by atomic mass is 35.5. The van der Waals surface area contributed by atoms with Gasteiger partial charge in [0, 0.05) is 34.7 Å². The zero-order chi connectivity index (χ0) is 13.0. The molecule has 1 aliphatic rings. The van der Waals surface area contributed by atoms with E-state index in [1.807, 2.05) is 18.2 Å². The molecule has 1 aromatic rings. The van der Waals surface area contributed by atoms with Gasteiger partial charge in [0.15, 0.2) is 0 Å². The van der Waals surface area contributed by atoms with Gasteiger partial charge < -0.3 is 10.1 Å². The number of ether oxygens (including phenoxy) is 1. The van der Waals surface area contributed by atoms with Crippen LogP contribution in [0, 0.1) is 5.92 Å². The summed E-state index contributed by atoms with van der Waals surface area (Å²) in [5.41, 5.74) is 0.948. The van der Waals surface area contributed by atoms with Gasteiger partial charge in [-0.25, -0.2) is 0 Å². The van der Waals surface area contributed by atoms with Crippen molar-refractivity contribution in [2.45, 2.75) is 25.9 Å². The van der Waals surface area contributed by atoms with Crippen molar-refractivity contribution in [2.75, 3.05) is 19.7 Å². The summed E-state index contributed by atoms with van der Waals surface area (Å²) >= 11 is 12.6. The summed E-state index contributed by atoms with van der Waals surface area (Å²) in [5, 5.41) is 4.80. The highest BCUT2D eigenvalue weighted by Crippen LogP contribution is 2.40. The highest BCUT2D eigenvalue weighted by Gasteiger charge is 2.30. The molecule has 2 unspecified atom stereocenters. The van der Waals surface area contributed by atoms with Crippen LogP contribution in [0.1, 0.15) is 31.4 Å². The molecule has 1 fully saturated rings. The second-order valence-electron chi connectivity index (χ2n) is 4.64. The van der Waals surface area contributed by atoms with Crippen molar-refractivity contribution in [1.82, 2.24) is 5.32 Å². The van der Waals surface area contributed by atoms with Crippen LogP contribution in [0.2, 0.25) is 10.0 Å². The Labute approximate surface area is 119 Å². The largest absolute Gasteiger partial charge is 0.373 e. The maximum Gasteiger partial charge on any atom is 0.0894 e. The van der Waals surface area contributed by atoms with Crippen molar-refractivity contribution in [3.05, 3.63) is 33.8 Å². The van der Waals surface area contributed by atoms with Gasteiger partial charge in [-0.05, 0) is 31.5 Å². The normalized spacial score (nSPS) is 24.2. The zero-order valence-corrected chi connectivity index (χ0v) is 12.1. The Balaban J connectivity index is 2.22. The van der Waals surface area contributed by atoms with Crippen LogP contribution in [-0.2, 0) is 4.74 Å². The van der Waals surface area contributed by atoms with E-state index in [-0.39, 0.29) is 6.10 Å². The Morgan fingerprint density at radius 2 is 2.06 bits per heavy atom. The van der Waals surface area contributed by atoms with E-state index in [0.717, 1.165) is 38.1 Å². The van der Waals surface area contributed by atoms with Crippen LogP contribution < -0.4 is 5.32 Å². The Hall–Kier alpha value is -0.280. The monoisotopic (exact) mass is 287 g/mol. The number of hydrogen-bond donors (Lipinski definition) is 1. The van der Waals surface area contributed by atoms with Crippen LogP contribution in [0.5, 0.6) is 0 Å². The minimum absolute atomic E-state index is 0.0130. The molecule has 2 atom stereocenters. The molecule has 2 rings (SSSR count). The van der Waals surface area contributed by atoms with Crippen molar-refractivity contribution in [3.8, 4) is 0 Å². The molecule has 18 heavy (non-hydrogen) atoms. The maximum atomic E-state index is 6.28. The molecular formula is C14H19Cl2NO. The lowest BCUT2D eigenvalue weighted by Gasteiger charge is -2.33. The molecule has 0 radical (unpaired) electrons. The third-order valence-corrected chi connectivity index (χ3v) is 4.04. The van der Waals surface area contributed by atoms with Crippen LogP contribution in [0.25, 0.3) is 0 Å². The summed E-state index contributed by atoms with van der Waals surface area (Å²) in [4.78, 5) is 0. The van der Waals surface area contributed by atoms with E-state index in [2.05, 4.69) is 12.2 Å². The molecule has 1 heterocycles. The van der Waals surface area contributed by atoms with Crippen LogP contribution in [0.15, 0.2) is 18.2 Å². The quantitative estimate of drug-likeness (QED) is 0.901. The van der Waals surface area contributed by atoms with E-state index in [1.54, 1.807) is 0 Å². The first-order chi connectivity index (χ1) is 8.74. The Morgan fingerprint density at radius 3 is 2.72 bits per heavy atom. The molecular weight excluding hydrogens is 269 g/mol. The number of nitrogens with one attached hydrogen (secondary N) is 1. The molecule has 0 aromatic heterocycles. The molecule has 1 aromatic carbocycles.